The van der Waals surface area contributed by atoms with Gasteiger partial charge in [-0.15, -0.1) is 0 Å². The molecule has 0 aliphatic heterocycles. The van der Waals surface area contributed by atoms with Gasteiger partial charge in [0.1, 0.15) is 5.75 Å². The minimum atomic E-state index is -3.00. The summed E-state index contributed by atoms with van der Waals surface area (Å²) in [6.45, 7) is 54.9. The van der Waals surface area contributed by atoms with Crippen molar-refractivity contribution >= 4 is 17.2 Å². The molecule has 0 radical (unpaired) electrons. The normalized spacial score (nSPS) is 13.9. The van der Waals surface area contributed by atoms with Crippen LogP contribution in [0.5, 0.6) is 5.75 Å². The van der Waals surface area contributed by atoms with E-state index in [2.05, 4.69) is 263 Å². The highest BCUT2D eigenvalue weighted by molar-refractivity contribution is 7.54. The van der Waals surface area contributed by atoms with Crippen LogP contribution in [0.15, 0.2) is 103 Å². The van der Waals surface area contributed by atoms with Crippen LogP contribution in [0.2, 0.25) is 0 Å². The topological polar surface area (TPSA) is 79.2 Å². The second-order valence-electron chi connectivity index (χ2n) is 29.3. The van der Waals surface area contributed by atoms with Crippen LogP contribution in [0.4, 0.5) is 0 Å². The SMILES string of the molecule is CC(C)(C)c1ccc(-c2c(OP(O)OP(O)O)c(-c3ccccc3)c(-c3ccc(C(C)(C)C)cc3C(C)(C)C)c(-c3ccc(C(C)(C)C)cc3C(C)(C)C)c2-c2ccc(C(C)(C)C)cc2C(C)(C)C)c(C(C)(C)C)c1. The zero-order chi connectivity index (χ0) is 56.6. The Morgan fingerprint density at radius 2 is 0.573 bits per heavy atom. The van der Waals surface area contributed by atoms with E-state index in [9.17, 15) is 14.7 Å². The Bertz CT molecular complexity index is 3030. The molecule has 3 N–H and O–H groups in total. The van der Waals surface area contributed by atoms with Crippen molar-refractivity contribution in [2.24, 2.45) is 0 Å². The number of rotatable bonds is 9. The van der Waals surface area contributed by atoms with Crippen molar-refractivity contribution in [3.8, 4) is 61.4 Å². The molecule has 6 aromatic rings. The van der Waals surface area contributed by atoms with E-state index in [1.807, 2.05) is 6.07 Å². The molecule has 0 aromatic heterocycles. The summed E-state index contributed by atoms with van der Waals surface area (Å²) >= 11 is 0. The number of hydrogen-bond acceptors (Lipinski definition) is 5. The molecular weight excluding hydrogens is 959 g/mol. The molecule has 5 nitrogen and oxygen atoms in total. The lowest BCUT2D eigenvalue weighted by Crippen LogP contribution is -2.20. The van der Waals surface area contributed by atoms with Gasteiger partial charge in [0.15, 0.2) is 0 Å². The highest BCUT2D eigenvalue weighted by Crippen LogP contribution is 2.63. The Kier molecular flexibility index (Phi) is 16.7. The molecule has 1 atom stereocenters. The van der Waals surface area contributed by atoms with E-state index in [4.69, 9.17) is 8.83 Å². The molecule has 1 unspecified atom stereocenters. The van der Waals surface area contributed by atoms with E-state index < -0.39 is 22.6 Å². The van der Waals surface area contributed by atoms with Crippen molar-refractivity contribution in [3.05, 3.63) is 148 Å². The molecule has 0 aliphatic rings. The fourth-order valence-electron chi connectivity index (χ4n) is 10.3. The van der Waals surface area contributed by atoms with Crippen molar-refractivity contribution in [2.45, 2.75) is 209 Å². The monoisotopic (exact) mass is 1050 g/mol. The van der Waals surface area contributed by atoms with Crippen molar-refractivity contribution in [1.29, 1.82) is 0 Å². The summed E-state index contributed by atoms with van der Waals surface area (Å²) in [5, 5.41) is 0. The Morgan fingerprint density at radius 3 is 0.840 bits per heavy atom. The van der Waals surface area contributed by atoms with Gasteiger partial charge in [-0.25, -0.2) is 4.31 Å². The summed E-state index contributed by atoms with van der Waals surface area (Å²) in [5.74, 6) is 0.401. The van der Waals surface area contributed by atoms with Gasteiger partial charge in [0.05, 0.1) is 0 Å². The third kappa shape index (κ3) is 13.2. The predicted octanol–water partition coefficient (Wildman–Crippen LogP) is 20.2. The van der Waals surface area contributed by atoms with Gasteiger partial charge in [0, 0.05) is 22.3 Å². The summed E-state index contributed by atoms with van der Waals surface area (Å²) in [7, 11) is -5.91. The zero-order valence-corrected chi connectivity index (χ0v) is 52.2. The molecule has 6 rings (SSSR count). The summed E-state index contributed by atoms with van der Waals surface area (Å²) in [4.78, 5) is 33.2. The molecule has 0 fully saturated rings. The average Bonchev–Trinajstić information content (AvgIpc) is 3.25. The molecule has 0 spiro atoms. The van der Waals surface area contributed by atoms with Gasteiger partial charge in [-0.3, -0.25) is 0 Å². The zero-order valence-electron chi connectivity index (χ0n) is 50.4. The lowest BCUT2D eigenvalue weighted by atomic mass is 9.68. The first kappa shape index (κ1) is 60.1. The lowest BCUT2D eigenvalue weighted by molar-refractivity contribution is 0.329. The highest BCUT2D eigenvalue weighted by atomic mass is 31.2. The quantitative estimate of drug-likeness (QED) is 0.126. The van der Waals surface area contributed by atoms with E-state index in [1.165, 1.54) is 38.9 Å². The molecule has 0 amide bonds. The molecule has 0 saturated carbocycles. The highest BCUT2D eigenvalue weighted by Gasteiger charge is 2.39. The van der Waals surface area contributed by atoms with Gasteiger partial charge < -0.3 is 19.2 Å². The Balaban J connectivity index is 2.22. The van der Waals surface area contributed by atoms with Crippen molar-refractivity contribution in [3.63, 3.8) is 0 Å². The van der Waals surface area contributed by atoms with Crippen LogP contribution >= 0.6 is 17.2 Å². The number of benzene rings is 6. The van der Waals surface area contributed by atoms with Gasteiger partial charge in [0.25, 0.3) is 0 Å². The molecule has 7 heteroatoms. The lowest BCUT2D eigenvalue weighted by Gasteiger charge is -2.36. The van der Waals surface area contributed by atoms with Crippen molar-refractivity contribution < 1.29 is 23.5 Å². The molecular formula is C68H92O5P2. The maximum atomic E-state index is 12.2. The van der Waals surface area contributed by atoms with E-state index in [1.54, 1.807) is 0 Å². The maximum Gasteiger partial charge on any atom is 0.401 e. The van der Waals surface area contributed by atoms with E-state index in [0.29, 0.717) is 5.75 Å². The standard InChI is InChI=1S/C68H92O5P2/c1-61(2,3)43-30-34-47(51(38-43)65(13,14)15)56-55(42-28-26-25-27-29-42)60(72-75(71)73-74(69)70)59(50-37-33-46(64(10,11)12)41-54(50)68(22,23)24)58(49-36-32-45(63(7,8)9)40-53(49)67(19,20)21)57(56)48-35-31-44(62(4,5)6)39-52(48)66(16,17)18/h25-41,69-71H,1-24H3. The van der Waals surface area contributed by atoms with Crippen LogP contribution in [0.3, 0.4) is 0 Å². The summed E-state index contributed by atoms with van der Waals surface area (Å²) in [6, 6.07) is 38.5. The fraction of sp³-hybridized carbons (Fsp3) is 0.471. The molecule has 404 valence electrons. The maximum absolute atomic E-state index is 12.2. The summed E-state index contributed by atoms with van der Waals surface area (Å²) < 4.78 is 12.7. The summed E-state index contributed by atoms with van der Waals surface area (Å²) in [5.41, 5.74) is 17.1. The molecule has 6 aromatic carbocycles. The van der Waals surface area contributed by atoms with E-state index in [-0.39, 0.29) is 37.9 Å². The molecule has 0 heterocycles. The van der Waals surface area contributed by atoms with Crippen LogP contribution in [-0.2, 0) is 47.6 Å². The molecule has 0 saturated heterocycles. The molecule has 0 bridgehead atoms. The van der Waals surface area contributed by atoms with Crippen LogP contribution in [0.1, 0.15) is 211 Å². The fourth-order valence-corrected chi connectivity index (χ4v) is 11.3. The van der Waals surface area contributed by atoms with Gasteiger partial charge in [-0.2, -0.15) is 0 Å². The first-order valence-corrected chi connectivity index (χ1v) is 29.3. The largest absolute Gasteiger partial charge is 0.425 e. The van der Waals surface area contributed by atoms with E-state index in [0.717, 1.165) is 61.2 Å². The van der Waals surface area contributed by atoms with Crippen LogP contribution in [0, 0.1) is 0 Å². The van der Waals surface area contributed by atoms with Gasteiger partial charge in [0.2, 0.25) is 0 Å². The van der Waals surface area contributed by atoms with Crippen LogP contribution in [0.25, 0.3) is 55.6 Å². The minimum Gasteiger partial charge on any atom is -0.425 e. The Hall–Kier alpha value is -4.18. The van der Waals surface area contributed by atoms with Crippen LogP contribution < -0.4 is 4.52 Å². The van der Waals surface area contributed by atoms with Crippen LogP contribution in [-0.4, -0.2) is 14.7 Å². The summed E-state index contributed by atoms with van der Waals surface area (Å²) in [6.07, 6.45) is 0. The molecule has 0 aliphatic carbocycles. The third-order valence-electron chi connectivity index (χ3n) is 14.7. The smallest absolute Gasteiger partial charge is 0.401 e. The average molecular weight is 1050 g/mol. The first-order chi connectivity index (χ1) is 34.0. The van der Waals surface area contributed by atoms with E-state index >= 15 is 0 Å². The minimum absolute atomic E-state index is 0.139. The van der Waals surface area contributed by atoms with Crippen molar-refractivity contribution in [1.82, 2.24) is 0 Å². The molecule has 75 heavy (non-hydrogen) atoms. The Morgan fingerprint density at radius 1 is 0.307 bits per heavy atom. The van der Waals surface area contributed by atoms with Gasteiger partial charge in [-0.1, -0.05) is 269 Å². The second-order valence-corrected chi connectivity index (χ2v) is 31.1. The van der Waals surface area contributed by atoms with Gasteiger partial charge >= 0.3 is 17.2 Å². The first-order valence-electron chi connectivity index (χ1n) is 27.0. The van der Waals surface area contributed by atoms with Crippen molar-refractivity contribution in [2.75, 3.05) is 0 Å². The third-order valence-corrected chi connectivity index (χ3v) is 16.2. The second kappa shape index (κ2) is 20.9. The van der Waals surface area contributed by atoms with Gasteiger partial charge in [-0.05, 0) is 121 Å². The Labute approximate surface area is 457 Å². The number of hydrogen-bond donors (Lipinski definition) is 3. The predicted molar refractivity (Wildman–Crippen MR) is 325 cm³/mol.